The first-order chi connectivity index (χ1) is 15.5. The average Bonchev–Trinajstić information content (AvgIpc) is 3.28. The van der Waals surface area contributed by atoms with E-state index in [2.05, 4.69) is 26.8 Å². The number of hydrogen-bond acceptors (Lipinski definition) is 5. The van der Waals surface area contributed by atoms with Crippen molar-refractivity contribution < 1.29 is 4.74 Å². The number of aromatic amines is 1. The number of ether oxygens (including phenoxy) is 1. The number of methoxy groups -OCH3 is 1. The molecule has 2 aromatic heterocycles. The predicted octanol–water partition coefficient (Wildman–Crippen LogP) is 6.06. The second-order valence-electron chi connectivity index (χ2n) is 7.02. The van der Waals surface area contributed by atoms with Gasteiger partial charge < -0.3 is 20.8 Å². The number of H-pyrrole nitrogens is 1. The van der Waals surface area contributed by atoms with E-state index < -0.39 is 0 Å². The quantitative estimate of drug-likeness (QED) is 0.227. The van der Waals surface area contributed by atoms with Crippen LogP contribution in [-0.4, -0.2) is 28.6 Å². The summed E-state index contributed by atoms with van der Waals surface area (Å²) in [5, 5.41) is 5.32. The van der Waals surface area contributed by atoms with Crippen molar-refractivity contribution in [1.82, 2.24) is 15.0 Å². The highest BCUT2D eigenvalue weighted by Gasteiger charge is 2.14. The maximum absolute atomic E-state index is 6.45. The molecule has 0 aliphatic carbocycles. The summed E-state index contributed by atoms with van der Waals surface area (Å²) in [6.45, 7) is 4.70. The maximum atomic E-state index is 6.45. The molecule has 6 nitrogen and oxygen atoms in total. The standard InChI is InChI=1S/C24H21Cl2N5O/c1-14(17-7-3-4-8-19(17)25)16(12-15-6-5-9-20(26)21(15)27)13-29-23-18-10-11-28-22(18)30-24(31-23)32-2/h3-12H,1,13,27H2,2H3,(H2,28,29,30,31)/b16-12-. The summed E-state index contributed by atoms with van der Waals surface area (Å²) in [7, 11) is 1.53. The lowest BCUT2D eigenvalue weighted by Gasteiger charge is -2.16. The van der Waals surface area contributed by atoms with E-state index in [1.165, 1.54) is 7.11 Å². The van der Waals surface area contributed by atoms with Crippen LogP contribution < -0.4 is 15.8 Å². The first kappa shape index (κ1) is 21.7. The van der Waals surface area contributed by atoms with Crippen LogP contribution in [0.1, 0.15) is 11.1 Å². The van der Waals surface area contributed by atoms with Gasteiger partial charge in [0.05, 0.1) is 23.2 Å². The predicted molar refractivity (Wildman–Crippen MR) is 133 cm³/mol. The molecule has 0 saturated heterocycles. The van der Waals surface area contributed by atoms with Gasteiger partial charge in [0.25, 0.3) is 0 Å². The lowest BCUT2D eigenvalue weighted by Crippen LogP contribution is -2.09. The molecule has 0 amide bonds. The molecule has 8 heteroatoms. The molecule has 0 radical (unpaired) electrons. The highest BCUT2D eigenvalue weighted by molar-refractivity contribution is 6.33. The van der Waals surface area contributed by atoms with Crippen molar-refractivity contribution in [3.05, 3.63) is 88.1 Å². The molecule has 0 unspecified atom stereocenters. The molecule has 4 aromatic rings. The van der Waals surface area contributed by atoms with Crippen molar-refractivity contribution in [2.45, 2.75) is 0 Å². The molecule has 32 heavy (non-hydrogen) atoms. The van der Waals surface area contributed by atoms with E-state index in [0.29, 0.717) is 33.7 Å². The van der Waals surface area contributed by atoms with E-state index in [1.54, 1.807) is 12.3 Å². The maximum Gasteiger partial charge on any atom is 0.320 e. The SMILES string of the molecule is C=C(/C(=C\c1cccc(Cl)c1N)CNc1nc(OC)nc2[nH]ccc12)c1ccccc1Cl. The Morgan fingerprint density at radius 2 is 1.91 bits per heavy atom. The number of rotatable bonds is 7. The van der Waals surface area contributed by atoms with Crippen LogP contribution in [-0.2, 0) is 0 Å². The summed E-state index contributed by atoms with van der Waals surface area (Å²) < 4.78 is 5.23. The highest BCUT2D eigenvalue weighted by atomic mass is 35.5. The molecule has 0 aliphatic rings. The van der Waals surface area contributed by atoms with Crippen molar-refractivity contribution in [3.63, 3.8) is 0 Å². The number of aromatic nitrogens is 3. The number of halogens is 2. The molecule has 2 heterocycles. The minimum Gasteiger partial charge on any atom is -0.467 e. The lowest BCUT2D eigenvalue weighted by molar-refractivity contribution is 0.382. The van der Waals surface area contributed by atoms with Crippen LogP contribution in [0.2, 0.25) is 10.0 Å². The Bertz CT molecular complexity index is 1330. The first-order valence-corrected chi connectivity index (χ1v) is 10.5. The topological polar surface area (TPSA) is 88.8 Å². The number of nitrogen functional groups attached to an aromatic ring is 1. The van der Waals surface area contributed by atoms with Crippen molar-refractivity contribution in [1.29, 1.82) is 0 Å². The van der Waals surface area contributed by atoms with Gasteiger partial charge in [0.2, 0.25) is 0 Å². The van der Waals surface area contributed by atoms with E-state index in [4.69, 9.17) is 33.7 Å². The monoisotopic (exact) mass is 465 g/mol. The van der Waals surface area contributed by atoms with Crippen LogP contribution in [0.25, 0.3) is 22.7 Å². The van der Waals surface area contributed by atoms with Crippen LogP contribution in [0.3, 0.4) is 0 Å². The molecular formula is C24H21Cl2N5O. The van der Waals surface area contributed by atoms with Crippen molar-refractivity contribution in [3.8, 4) is 6.01 Å². The number of benzene rings is 2. The van der Waals surface area contributed by atoms with Gasteiger partial charge in [0.1, 0.15) is 11.5 Å². The Labute approximate surface area is 195 Å². The Balaban J connectivity index is 1.74. The summed E-state index contributed by atoms with van der Waals surface area (Å²) in [5.41, 5.74) is 10.6. The molecule has 4 N–H and O–H groups in total. The molecule has 2 aromatic carbocycles. The van der Waals surface area contributed by atoms with E-state index in [0.717, 1.165) is 27.7 Å². The van der Waals surface area contributed by atoms with Gasteiger partial charge in [-0.15, -0.1) is 0 Å². The summed E-state index contributed by atoms with van der Waals surface area (Å²) in [6, 6.07) is 15.2. The second kappa shape index (κ2) is 9.34. The Morgan fingerprint density at radius 3 is 2.69 bits per heavy atom. The first-order valence-electron chi connectivity index (χ1n) is 9.79. The fraction of sp³-hybridized carbons (Fsp3) is 0.0833. The summed E-state index contributed by atoms with van der Waals surface area (Å²) >= 11 is 12.7. The molecule has 0 atom stereocenters. The largest absolute Gasteiger partial charge is 0.467 e. The minimum atomic E-state index is 0.261. The number of para-hydroxylation sites is 1. The molecule has 0 aliphatic heterocycles. The number of anilines is 2. The van der Waals surface area contributed by atoms with E-state index in [9.17, 15) is 0 Å². The lowest BCUT2D eigenvalue weighted by atomic mass is 9.96. The number of nitrogens with one attached hydrogen (secondary N) is 2. The van der Waals surface area contributed by atoms with Crippen LogP contribution in [0.5, 0.6) is 6.01 Å². The zero-order chi connectivity index (χ0) is 22.7. The average molecular weight is 466 g/mol. The second-order valence-corrected chi connectivity index (χ2v) is 7.84. The molecule has 0 bridgehead atoms. The molecule has 162 valence electrons. The number of nitrogens with two attached hydrogens (primary N) is 1. The number of hydrogen-bond donors (Lipinski definition) is 3. The van der Waals surface area contributed by atoms with Gasteiger partial charge in [0, 0.05) is 23.3 Å². The van der Waals surface area contributed by atoms with Gasteiger partial charge in [-0.05, 0) is 41.0 Å². The van der Waals surface area contributed by atoms with Crippen LogP contribution in [0, 0.1) is 0 Å². The van der Waals surface area contributed by atoms with Gasteiger partial charge in [0.15, 0.2) is 0 Å². The third kappa shape index (κ3) is 4.42. The Hall–Kier alpha value is -3.48. The van der Waals surface area contributed by atoms with Crippen molar-refractivity contribution in [2.24, 2.45) is 0 Å². The molecule has 0 fully saturated rings. The summed E-state index contributed by atoms with van der Waals surface area (Å²) in [6.07, 6.45) is 3.75. The third-order valence-electron chi connectivity index (χ3n) is 5.03. The van der Waals surface area contributed by atoms with Crippen molar-refractivity contribution >= 4 is 57.4 Å². The number of nitrogens with zero attached hydrogens (tertiary/aromatic N) is 2. The zero-order valence-corrected chi connectivity index (χ0v) is 18.8. The molecule has 4 rings (SSSR count). The molecule has 0 spiro atoms. The van der Waals surface area contributed by atoms with Gasteiger partial charge in [-0.3, -0.25) is 0 Å². The van der Waals surface area contributed by atoms with Gasteiger partial charge in [-0.25, -0.2) is 0 Å². The third-order valence-corrected chi connectivity index (χ3v) is 5.69. The van der Waals surface area contributed by atoms with Crippen LogP contribution in [0.15, 0.2) is 66.9 Å². The van der Waals surface area contributed by atoms with Crippen molar-refractivity contribution in [2.75, 3.05) is 24.7 Å². The van der Waals surface area contributed by atoms with Gasteiger partial charge in [-0.1, -0.05) is 60.1 Å². The van der Waals surface area contributed by atoms with Crippen LogP contribution in [0.4, 0.5) is 11.5 Å². The molecule has 0 saturated carbocycles. The van der Waals surface area contributed by atoms with Gasteiger partial charge >= 0.3 is 6.01 Å². The normalized spacial score (nSPS) is 11.5. The fourth-order valence-electron chi connectivity index (χ4n) is 3.32. The van der Waals surface area contributed by atoms with Crippen LogP contribution >= 0.6 is 23.2 Å². The summed E-state index contributed by atoms with van der Waals surface area (Å²) in [5.74, 6) is 0.630. The van der Waals surface area contributed by atoms with E-state index >= 15 is 0 Å². The Morgan fingerprint density at radius 1 is 1.12 bits per heavy atom. The minimum absolute atomic E-state index is 0.261. The van der Waals surface area contributed by atoms with E-state index in [1.807, 2.05) is 48.5 Å². The zero-order valence-electron chi connectivity index (χ0n) is 17.3. The summed E-state index contributed by atoms with van der Waals surface area (Å²) in [4.78, 5) is 11.9. The Kier molecular flexibility index (Phi) is 6.35. The smallest absolute Gasteiger partial charge is 0.320 e. The highest BCUT2D eigenvalue weighted by Crippen LogP contribution is 2.32. The van der Waals surface area contributed by atoms with Gasteiger partial charge in [-0.2, -0.15) is 9.97 Å². The number of fused-ring (bicyclic) bond motifs is 1. The van der Waals surface area contributed by atoms with E-state index in [-0.39, 0.29) is 6.01 Å². The fourth-order valence-corrected chi connectivity index (χ4v) is 3.75. The molecular weight excluding hydrogens is 445 g/mol.